The van der Waals surface area contributed by atoms with Crippen molar-refractivity contribution < 1.29 is 19.1 Å². The summed E-state index contributed by atoms with van der Waals surface area (Å²) in [5, 5.41) is 2.91. The summed E-state index contributed by atoms with van der Waals surface area (Å²) in [4.78, 5) is 42.4. The van der Waals surface area contributed by atoms with Gasteiger partial charge in [-0.1, -0.05) is 24.3 Å². The van der Waals surface area contributed by atoms with Crippen LogP contribution >= 0.6 is 0 Å². The topological polar surface area (TPSA) is 79.0 Å². The predicted octanol–water partition coefficient (Wildman–Crippen LogP) is 2.99. The Morgan fingerprint density at radius 3 is 2.84 bits per heavy atom. The van der Waals surface area contributed by atoms with Gasteiger partial charge in [0.2, 0.25) is 5.91 Å². The molecule has 2 heterocycles. The van der Waals surface area contributed by atoms with Crippen LogP contribution in [0.3, 0.4) is 0 Å². The SMILES string of the molecule is CCOCCCNC(=O)c1cccc(CN2C(=O)[C@@H]3CCCN3C(=O)c3ccccc32)c1. The van der Waals surface area contributed by atoms with Crippen LogP contribution in [-0.4, -0.2) is 55.0 Å². The summed E-state index contributed by atoms with van der Waals surface area (Å²) in [6, 6.07) is 14.2. The third-order valence-electron chi connectivity index (χ3n) is 5.97. The number of rotatable bonds is 8. The molecule has 2 aromatic rings. The maximum atomic E-state index is 13.4. The van der Waals surface area contributed by atoms with E-state index >= 15 is 0 Å². The fraction of sp³-hybridized carbons (Fsp3) is 0.400. The molecule has 0 aliphatic carbocycles. The second kappa shape index (κ2) is 9.96. The van der Waals surface area contributed by atoms with E-state index in [-0.39, 0.29) is 17.7 Å². The number of nitrogens with zero attached hydrogens (tertiary/aromatic N) is 2. The monoisotopic (exact) mass is 435 g/mol. The molecule has 1 N–H and O–H groups in total. The van der Waals surface area contributed by atoms with Crippen molar-refractivity contribution in [3.63, 3.8) is 0 Å². The summed E-state index contributed by atoms with van der Waals surface area (Å²) < 4.78 is 5.29. The first-order chi connectivity index (χ1) is 15.6. The number of benzene rings is 2. The van der Waals surface area contributed by atoms with E-state index in [1.165, 1.54) is 0 Å². The minimum atomic E-state index is -0.424. The third-order valence-corrected chi connectivity index (χ3v) is 5.97. The van der Waals surface area contributed by atoms with E-state index in [2.05, 4.69) is 5.32 Å². The van der Waals surface area contributed by atoms with Gasteiger partial charge in [0.05, 0.1) is 17.8 Å². The van der Waals surface area contributed by atoms with E-state index in [1.54, 1.807) is 21.9 Å². The Kier molecular flexibility index (Phi) is 6.85. The van der Waals surface area contributed by atoms with Crippen LogP contribution < -0.4 is 10.2 Å². The van der Waals surface area contributed by atoms with Crippen LogP contribution in [0.5, 0.6) is 0 Å². The number of anilines is 1. The number of carbonyl (C=O) groups excluding carboxylic acids is 3. The van der Waals surface area contributed by atoms with Crippen LogP contribution in [0.1, 0.15) is 52.5 Å². The van der Waals surface area contributed by atoms with Crippen molar-refractivity contribution in [1.82, 2.24) is 10.2 Å². The average Bonchev–Trinajstić information content (AvgIpc) is 3.29. The maximum absolute atomic E-state index is 13.4. The molecule has 168 valence electrons. The van der Waals surface area contributed by atoms with E-state index < -0.39 is 6.04 Å². The highest BCUT2D eigenvalue weighted by atomic mass is 16.5. The molecular weight excluding hydrogens is 406 g/mol. The fourth-order valence-corrected chi connectivity index (χ4v) is 4.39. The van der Waals surface area contributed by atoms with Crippen LogP contribution in [-0.2, 0) is 16.1 Å². The lowest BCUT2D eigenvalue weighted by atomic mass is 10.1. The summed E-state index contributed by atoms with van der Waals surface area (Å²) >= 11 is 0. The van der Waals surface area contributed by atoms with Gasteiger partial charge in [-0.05, 0) is 56.0 Å². The van der Waals surface area contributed by atoms with Crippen molar-refractivity contribution in [1.29, 1.82) is 0 Å². The zero-order valence-electron chi connectivity index (χ0n) is 18.4. The van der Waals surface area contributed by atoms with Crippen molar-refractivity contribution in [3.8, 4) is 0 Å². The van der Waals surface area contributed by atoms with Crippen LogP contribution in [0.2, 0.25) is 0 Å². The molecule has 0 saturated carbocycles. The summed E-state index contributed by atoms with van der Waals surface area (Å²) in [5.41, 5.74) is 2.57. The summed E-state index contributed by atoms with van der Waals surface area (Å²) in [6.07, 6.45) is 2.26. The molecule has 0 aromatic heterocycles. The van der Waals surface area contributed by atoms with Gasteiger partial charge in [0, 0.05) is 31.9 Å². The highest BCUT2D eigenvalue weighted by molar-refractivity contribution is 6.11. The van der Waals surface area contributed by atoms with Gasteiger partial charge in [0.15, 0.2) is 0 Å². The molecule has 0 spiro atoms. The molecule has 0 bridgehead atoms. The number of hydrogen-bond acceptors (Lipinski definition) is 4. The van der Waals surface area contributed by atoms with Crippen molar-refractivity contribution in [2.75, 3.05) is 31.2 Å². The molecule has 0 unspecified atom stereocenters. The maximum Gasteiger partial charge on any atom is 0.256 e. The molecule has 2 aliphatic rings. The Labute approximate surface area is 188 Å². The lowest BCUT2D eigenvalue weighted by Crippen LogP contribution is -2.44. The van der Waals surface area contributed by atoms with Crippen LogP contribution in [0.15, 0.2) is 48.5 Å². The van der Waals surface area contributed by atoms with E-state index in [0.717, 1.165) is 18.4 Å². The van der Waals surface area contributed by atoms with Crippen molar-refractivity contribution in [2.24, 2.45) is 0 Å². The van der Waals surface area contributed by atoms with Gasteiger partial charge in [0.25, 0.3) is 11.8 Å². The molecule has 32 heavy (non-hydrogen) atoms. The lowest BCUT2D eigenvalue weighted by Gasteiger charge is -2.26. The van der Waals surface area contributed by atoms with Crippen molar-refractivity contribution in [3.05, 3.63) is 65.2 Å². The highest BCUT2D eigenvalue weighted by Gasteiger charge is 2.41. The number of ether oxygens (including phenoxy) is 1. The smallest absolute Gasteiger partial charge is 0.256 e. The Morgan fingerprint density at radius 2 is 2.00 bits per heavy atom. The number of fused-ring (bicyclic) bond motifs is 2. The summed E-state index contributed by atoms with van der Waals surface area (Å²) in [5.74, 6) is -0.297. The predicted molar refractivity (Wildman–Crippen MR) is 122 cm³/mol. The zero-order chi connectivity index (χ0) is 22.5. The molecule has 1 fully saturated rings. The molecule has 0 radical (unpaired) electrons. The minimum Gasteiger partial charge on any atom is -0.382 e. The third kappa shape index (κ3) is 4.53. The first-order valence-electron chi connectivity index (χ1n) is 11.3. The Balaban J connectivity index is 1.53. The van der Waals surface area contributed by atoms with Gasteiger partial charge < -0.3 is 19.9 Å². The highest BCUT2D eigenvalue weighted by Crippen LogP contribution is 2.33. The van der Waals surface area contributed by atoms with Gasteiger partial charge in [-0.3, -0.25) is 14.4 Å². The first kappa shape index (κ1) is 22.0. The van der Waals surface area contributed by atoms with E-state index in [0.29, 0.717) is 56.1 Å². The molecule has 1 saturated heterocycles. The van der Waals surface area contributed by atoms with Crippen LogP contribution in [0, 0.1) is 0 Å². The molecular formula is C25H29N3O4. The normalized spacial score (nSPS) is 17.7. The first-order valence-corrected chi connectivity index (χ1v) is 11.3. The van der Waals surface area contributed by atoms with E-state index in [1.807, 2.05) is 43.3 Å². The van der Waals surface area contributed by atoms with Gasteiger partial charge in [0.1, 0.15) is 6.04 Å². The van der Waals surface area contributed by atoms with Crippen molar-refractivity contribution >= 4 is 23.4 Å². The van der Waals surface area contributed by atoms with Crippen LogP contribution in [0.4, 0.5) is 5.69 Å². The standard InChI is InChI=1S/C25H29N3O4/c1-2-32-15-7-13-26-23(29)19-9-5-8-18(16-19)17-28-21-11-4-3-10-20(21)24(30)27-14-6-12-22(27)25(28)31/h3-5,8-11,16,22H,2,6-7,12-15,17H2,1H3,(H,26,29)/t22-/m0/s1. The quantitative estimate of drug-likeness (QED) is 0.647. The Hall–Kier alpha value is -3.19. The van der Waals surface area contributed by atoms with Gasteiger partial charge in [-0.25, -0.2) is 0 Å². The number of hydrogen-bond donors (Lipinski definition) is 1. The molecule has 7 heteroatoms. The molecule has 2 aliphatic heterocycles. The number of carbonyl (C=O) groups is 3. The molecule has 4 rings (SSSR count). The van der Waals surface area contributed by atoms with Gasteiger partial charge in [-0.2, -0.15) is 0 Å². The number of amides is 3. The summed E-state index contributed by atoms with van der Waals surface area (Å²) in [7, 11) is 0. The second-order valence-corrected chi connectivity index (χ2v) is 8.10. The largest absolute Gasteiger partial charge is 0.382 e. The molecule has 3 amide bonds. The zero-order valence-corrected chi connectivity index (χ0v) is 18.4. The van der Waals surface area contributed by atoms with Crippen LogP contribution in [0.25, 0.3) is 0 Å². The minimum absolute atomic E-state index is 0.0634. The lowest BCUT2D eigenvalue weighted by molar-refractivity contribution is -0.122. The number of para-hydroxylation sites is 1. The van der Waals surface area contributed by atoms with E-state index in [9.17, 15) is 14.4 Å². The molecule has 7 nitrogen and oxygen atoms in total. The summed E-state index contributed by atoms with van der Waals surface area (Å²) in [6.45, 7) is 4.68. The van der Waals surface area contributed by atoms with Crippen molar-refractivity contribution in [2.45, 2.75) is 38.8 Å². The average molecular weight is 436 g/mol. The van der Waals surface area contributed by atoms with Gasteiger partial charge >= 0.3 is 0 Å². The fourth-order valence-electron chi connectivity index (χ4n) is 4.39. The molecule has 2 aromatic carbocycles. The Bertz CT molecular complexity index is 1010. The van der Waals surface area contributed by atoms with E-state index in [4.69, 9.17) is 4.74 Å². The number of nitrogens with one attached hydrogen (secondary N) is 1. The molecule has 1 atom stereocenters. The Morgan fingerprint density at radius 1 is 1.16 bits per heavy atom. The van der Waals surface area contributed by atoms with Gasteiger partial charge in [-0.15, -0.1) is 0 Å². The second-order valence-electron chi connectivity index (χ2n) is 8.10.